The van der Waals surface area contributed by atoms with E-state index in [1.807, 2.05) is 12.1 Å². The molecule has 0 radical (unpaired) electrons. The van der Waals surface area contributed by atoms with E-state index >= 15 is 0 Å². The Morgan fingerprint density at radius 1 is 1.16 bits per heavy atom. The quantitative estimate of drug-likeness (QED) is 0.869. The lowest BCUT2D eigenvalue weighted by Gasteiger charge is -2.20. The van der Waals surface area contributed by atoms with Gasteiger partial charge in [0, 0.05) is 11.6 Å². The Morgan fingerprint density at radius 2 is 2.00 bits per heavy atom. The molecule has 7 heteroatoms. The van der Waals surface area contributed by atoms with Crippen molar-refractivity contribution in [3.63, 3.8) is 0 Å². The molecular weight excluding hydrogens is 318 g/mol. The minimum atomic E-state index is -0.218. The van der Waals surface area contributed by atoms with E-state index in [0.717, 1.165) is 24.4 Å². The zero-order chi connectivity index (χ0) is 17.2. The predicted octanol–water partition coefficient (Wildman–Crippen LogP) is 1.76. The van der Waals surface area contributed by atoms with Gasteiger partial charge in [0.1, 0.15) is 12.7 Å². The summed E-state index contributed by atoms with van der Waals surface area (Å²) in [6, 6.07) is 7.29. The SMILES string of the molecule is O=C(CNC(=O)[C@H]1C[C@H]2CC[C@H]1C2)Nc1ccc(-n2cncn2)cc1. The van der Waals surface area contributed by atoms with E-state index in [2.05, 4.69) is 20.7 Å². The highest BCUT2D eigenvalue weighted by Gasteiger charge is 2.42. The van der Waals surface area contributed by atoms with Crippen molar-refractivity contribution in [2.45, 2.75) is 25.7 Å². The van der Waals surface area contributed by atoms with E-state index in [9.17, 15) is 9.59 Å². The standard InChI is InChI=1S/C18H21N5O2/c24-17(9-20-18(25)16-8-12-1-2-13(16)7-12)22-14-3-5-15(6-4-14)23-11-19-10-21-23/h3-6,10-13,16H,1-2,7-9H2,(H,20,25)(H,22,24)/t12-,13-,16-/m0/s1. The van der Waals surface area contributed by atoms with Crippen LogP contribution in [-0.2, 0) is 9.59 Å². The number of aromatic nitrogens is 3. The van der Waals surface area contributed by atoms with Gasteiger partial charge in [-0.15, -0.1) is 0 Å². The molecule has 1 aromatic heterocycles. The molecule has 25 heavy (non-hydrogen) atoms. The fourth-order valence-corrected chi connectivity index (χ4v) is 4.11. The maximum Gasteiger partial charge on any atom is 0.243 e. The number of amides is 2. The summed E-state index contributed by atoms with van der Waals surface area (Å²) in [5.41, 5.74) is 1.54. The Labute approximate surface area is 145 Å². The first kappa shape index (κ1) is 15.8. The van der Waals surface area contributed by atoms with Crippen molar-refractivity contribution in [1.82, 2.24) is 20.1 Å². The number of anilines is 1. The van der Waals surface area contributed by atoms with Gasteiger partial charge < -0.3 is 10.6 Å². The van der Waals surface area contributed by atoms with Gasteiger partial charge in [0.15, 0.2) is 0 Å². The Morgan fingerprint density at radius 3 is 2.64 bits per heavy atom. The van der Waals surface area contributed by atoms with E-state index in [0.29, 0.717) is 11.6 Å². The van der Waals surface area contributed by atoms with Crippen LogP contribution in [0.25, 0.3) is 5.69 Å². The van der Waals surface area contributed by atoms with Crippen LogP contribution in [0, 0.1) is 17.8 Å². The lowest BCUT2D eigenvalue weighted by molar-refractivity contribution is -0.128. The van der Waals surface area contributed by atoms with Crippen LogP contribution in [0.1, 0.15) is 25.7 Å². The minimum Gasteiger partial charge on any atom is -0.347 e. The van der Waals surface area contributed by atoms with Crippen molar-refractivity contribution in [3.05, 3.63) is 36.9 Å². The van der Waals surface area contributed by atoms with Crippen LogP contribution in [0.2, 0.25) is 0 Å². The van der Waals surface area contributed by atoms with Gasteiger partial charge in [-0.2, -0.15) is 5.10 Å². The number of rotatable bonds is 5. The van der Waals surface area contributed by atoms with Crippen LogP contribution in [0.5, 0.6) is 0 Å². The van der Waals surface area contributed by atoms with Crippen molar-refractivity contribution in [3.8, 4) is 5.69 Å². The molecule has 2 bridgehead atoms. The summed E-state index contributed by atoms with van der Waals surface area (Å²) in [6.07, 6.45) is 7.67. The first-order valence-corrected chi connectivity index (χ1v) is 8.71. The summed E-state index contributed by atoms with van der Waals surface area (Å²) in [5, 5.41) is 9.64. The second-order valence-corrected chi connectivity index (χ2v) is 6.93. The molecule has 1 aromatic carbocycles. The molecule has 130 valence electrons. The second kappa shape index (κ2) is 6.66. The predicted molar refractivity (Wildman–Crippen MR) is 91.9 cm³/mol. The summed E-state index contributed by atoms with van der Waals surface area (Å²) >= 11 is 0. The van der Waals surface area contributed by atoms with Gasteiger partial charge >= 0.3 is 0 Å². The number of benzene rings is 1. The Bertz CT molecular complexity index is 756. The third-order valence-electron chi connectivity index (χ3n) is 5.33. The first-order chi connectivity index (χ1) is 12.2. The molecule has 0 unspecified atom stereocenters. The molecule has 2 amide bonds. The van der Waals surface area contributed by atoms with E-state index < -0.39 is 0 Å². The molecule has 0 spiro atoms. The lowest BCUT2D eigenvalue weighted by Crippen LogP contribution is -2.38. The molecule has 2 aromatic rings. The van der Waals surface area contributed by atoms with Gasteiger partial charge in [-0.25, -0.2) is 9.67 Å². The highest BCUT2D eigenvalue weighted by molar-refractivity contribution is 5.94. The molecule has 2 aliphatic carbocycles. The van der Waals surface area contributed by atoms with Crippen molar-refractivity contribution in [2.75, 3.05) is 11.9 Å². The number of nitrogens with zero attached hydrogens (tertiary/aromatic N) is 3. The van der Waals surface area contributed by atoms with Crippen LogP contribution < -0.4 is 10.6 Å². The number of carbonyl (C=O) groups excluding carboxylic acids is 2. The van der Waals surface area contributed by atoms with E-state index in [4.69, 9.17) is 0 Å². The largest absolute Gasteiger partial charge is 0.347 e. The van der Waals surface area contributed by atoms with Gasteiger partial charge in [-0.05, 0) is 55.4 Å². The van der Waals surface area contributed by atoms with Crippen LogP contribution in [-0.4, -0.2) is 33.1 Å². The van der Waals surface area contributed by atoms with Crippen LogP contribution in [0.4, 0.5) is 5.69 Å². The first-order valence-electron chi connectivity index (χ1n) is 8.71. The van der Waals surface area contributed by atoms with Crippen molar-refractivity contribution >= 4 is 17.5 Å². The normalized spacial score (nSPS) is 24.2. The maximum atomic E-state index is 12.3. The molecule has 2 fully saturated rings. The fraction of sp³-hybridized carbons (Fsp3) is 0.444. The fourth-order valence-electron chi connectivity index (χ4n) is 4.11. The van der Waals surface area contributed by atoms with E-state index in [1.54, 1.807) is 23.1 Å². The van der Waals surface area contributed by atoms with Crippen LogP contribution in [0.3, 0.4) is 0 Å². The maximum absolute atomic E-state index is 12.3. The number of nitrogens with one attached hydrogen (secondary N) is 2. The summed E-state index contributed by atoms with van der Waals surface area (Å²) < 4.78 is 1.64. The molecule has 1 heterocycles. The molecule has 2 saturated carbocycles. The monoisotopic (exact) mass is 339 g/mol. The van der Waals surface area contributed by atoms with Gasteiger partial charge in [-0.1, -0.05) is 6.42 Å². The van der Waals surface area contributed by atoms with Gasteiger partial charge in [-0.3, -0.25) is 9.59 Å². The van der Waals surface area contributed by atoms with Crippen molar-refractivity contribution < 1.29 is 9.59 Å². The zero-order valence-corrected chi connectivity index (χ0v) is 13.9. The van der Waals surface area contributed by atoms with Crippen LogP contribution in [0.15, 0.2) is 36.9 Å². The number of carbonyl (C=O) groups is 2. The minimum absolute atomic E-state index is 0.0115. The average molecular weight is 339 g/mol. The highest BCUT2D eigenvalue weighted by Crippen LogP contribution is 2.48. The van der Waals surface area contributed by atoms with E-state index in [1.165, 1.54) is 19.2 Å². The summed E-state index contributed by atoms with van der Waals surface area (Å²) in [7, 11) is 0. The zero-order valence-electron chi connectivity index (χ0n) is 13.9. The number of hydrogen-bond donors (Lipinski definition) is 2. The summed E-state index contributed by atoms with van der Waals surface area (Å²) in [4.78, 5) is 28.2. The molecule has 2 aliphatic rings. The number of fused-ring (bicyclic) bond motifs is 2. The third kappa shape index (κ3) is 3.40. The van der Waals surface area contributed by atoms with Crippen LogP contribution >= 0.6 is 0 Å². The average Bonchev–Trinajstić information content (AvgIpc) is 3.37. The molecule has 0 aliphatic heterocycles. The Kier molecular flexibility index (Phi) is 4.21. The Balaban J connectivity index is 1.27. The molecule has 4 rings (SSSR count). The molecule has 0 saturated heterocycles. The van der Waals surface area contributed by atoms with Gasteiger partial charge in [0.2, 0.25) is 11.8 Å². The Hall–Kier alpha value is -2.70. The second-order valence-electron chi connectivity index (χ2n) is 6.93. The molecule has 3 atom stereocenters. The molecule has 2 N–H and O–H groups in total. The highest BCUT2D eigenvalue weighted by atomic mass is 16.2. The number of hydrogen-bond acceptors (Lipinski definition) is 4. The molecular formula is C18H21N5O2. The van der Waals surface area contributed by atoms with Gasteiger partial charge in [0.05, 0.1) is 12.2 Å². The van der Waals surface area contributed by atoms with Crippen molar-refractivity contribution in [2.24, 2.45) is 17.8 Å². The summed E-state index contributed by atoms with van der Waals surface area (Å²) in [5.74, 6) is 1.16. The van der Waals surface area contributed by atoms with E-state index in [-0.39, 0.29) is 24.3 Å². The third-order valence-corrected chi connectivity index (χ3v) is 5.33. The van der Waals surface area contributed by atoms with Crippen molar-refractivity contribution in [1.29, 1.82) is 0 Å². The summed E-state index contributed by atoms with van der Waals surface area (Å²) in [6.45, 7) is 0.0115. The smallest absolute Gasteiger partial charge is 0.243 e. The molecule has 7 nitrogen and oxygen atoms in total. The van der Waals surface area contributed by atoms with Gasteiger partial charge in [0.25, 0.3) is 0 Å². The topological polar surface area (TPSA) is 88.9 Å². The lowest BCUT2D eigenvalue weighted by atomic mass is 9.88.